The maximum Gasteiger partial charge on any atom is 0.269 e. The summed E-state index contributed by atoms with van der Waals surface area (Å²) in [5.74, 6) is 0.0126. The van der Waals surface area contributed by atoms with Crippen molar-refractivity contribution >= 4 is 5.91 Å². The Morgan fingerprint density at radius 3 is 2.43 bits per heavy atom. The van der Waals surface area contributed by atoms with Crippen LogP contribution < -0.4 is 16.6 Å². The molecule has 0 radical (unpaired) electrons. The first-order valence-corrected chi connectivity index (χ1v) is 12.2. The van der Waals surface area contributed by atoms with Crippen molar-refractivity contribution in [2.45, 2.75) is 65.3 Å². The highest BCUT2D eigenvalue weighted by molar-refractivity contribution is 5.81. The molecule has 0 aliphatic carbocycles. The average molecular weight is 477 g/mol. The van der Waals surface area contributed by atoms with Gasteiger partial charge in [0, 0.05) is 12.2 Å². The third kappa shape index (κ3) is 7.52. The van der Waals surface area contributed by atoms with Crippen molar-refractivity contribution in [1.82, 2.24) is 15.3 Å². The number of nitrogens with one attached hydrogen (secondary N) is 2. The first-order chi connectivity index (χ1) is 16.7. The van der Waals surface area contributed by atoms with Gasteiger partial charge in [0.25, 0.3) is 5.56 Å². The summed E-state index contributed by atoms with van der Waals surface area (Å²) in [6, 6.07) is 12.9. The molecule has 7 heteroatoms. The number of nitrogens with zero attached hydrogens (tertiary/aromatic N) is 1. The Labute approximate surface area is 206 Å². The average Bonchev–Trinajstić information content (AvgIpc) is 2.82. The number of carbonyl (C=O) groups is 1. The summed E-state index contributed by atoms with van der Waals surface area (Å²) in [6.45, 7) is 6.23. The van der Waals surface area contributed by atoms with Crippen LogP contribution in [0.5, 0.6) is 5.75 Å². The molecule has 0 aliphatic heterocycles. The van der Waals surface area contributed by atoms with Crippen LogP contribution in [0.2, 0.25) is 0 Å². The second-order valence-corrected chi connectivity index (χ2v) is 9.18. The number of carbonyl (C=O) groups excluding carboxylic acids is 1. The number of unbranched alkanes of at least 4 members (excludes halogenated alkanes) is 1. The molecule has 3 aromatic rings. The second kappa shape index (κ2) is 12.3. The molecule has 3 rings (SSSR count). The van der Waals surface area contributed by atoms with E-state index in [4.69, 9.17) is 5.73 Å². The molecular formula is C28H36N4O3. The fraction of sp³-hybridized carbons (Fsp3) is 0.393. The summed E-state index contributed by atoms with van der Waals surface area (Å²) < 4.78 is 0. The lowest BCUT2D eigenvalue weighted by atomic mass is 9.96. The molecule has 1 amide bonds. The van der Waals surface area contributed by atoms with E-state index in [9.17, 15) is 14.7 Å². The number of hydrogen-bond acceptors (Lipinski definition) is 5. The van der Waals surface area contributed by atoms with Crippen molar-refractivity contribution in [2.75, 3.05) is 6.54 Å². The normalized spacial score (nSPS) is 11.9. The van der Waals surface area contributed by atoms with Crippen molar-refractivity contribution in [1.29, 1.82) is 0 Å². The van der Waals surface area contributed by atoms with Gasteiger partial charge in [-0.25, -0.2) is 0 Å². The molecule has 0 bridgehead atoms. The third-order valence-electron chi connectivity index (χ3n) is 6.35. The lowest BCUT2D eigenvalue weighted by molar-refractivity contribution is -0.122. The monoisotopic (exact) mass is 476 g/mol. The van der Waals surface area contributed by atoms with Crippen LogP contribution in [-0.4, -0.2) is 33.6 Å². The molecule has 1 atom stereocenters. The summed E-state index contributed by atoms with van der Waals surface area (Å²) in [7, 11) is 0. The Bertz CT molecular complexity index is 1180. The molecule has 7 nitrogen and oxygen atoms in total. The number of phenols is 1. The maximum atomic E-state index is 12.5. The Morgan fingerprint density at radius 1 is 1.06 bits per heavy atom. The van der Waals surface area contributed by atoms with Gasteiger partial charge in [0.15, 0.2) is 0 Å². The lowest BCUT2D eigenvalue weighted by Gasteiger charge is -2.16. The highest BCUT2D eigenvalue weighted by Crippen LogP contribution is 2.21. The van der Waals surface area contributed by atoms with Gasteiger partial charge in [0.05, 0.1) is 11.7 Å². The number of amides is 1. The number of aromatic nitrogens is 2. The number of benzene rings is 2. The number of hydrogen-bond donors (Lipinski definition) is 4. The van der Waals surface area contributed by atoms with Crippen LogP contribution in [0.15, 0.2) is 47.3 Å². The minimum atomic E-state index is -0.660. The molecule has 1 heterocycles. The van der Waals surface area contributed by atoms with Crippen LogP contribution in [0.25, 0.3) is 0 Å². The smallest absolute Gasteiger partial charge is 0.269 e. The zero-order chi connectivity index (χ0) is 25.4. The first kappa shape index (κ1) is 26.2. The fourth-order valence-corrected chi connectivity index (χ4v) is 4.31. The number of aromatic hydroxyl groups is 1. The standard InChI is InChI=1S/C28H36N4O3/c1-18-15-22(33)16-19(2)23(18)17-24(29)27(34)30-14-8-7-11-26-28(35)32-25(20(3)31-26)13-12-21-9-5-4-6-10-21/h4-6,9-10,15-16,24,33H,7-8,11-14,17,29H2,1-3H3,(H,30,34)(H,32,35)/t24-/m0/s1. The Balaban J connectivity index is 1.43. The Morgan fingerprint density at radius 2 is 1.74 bits per heavy atom. The molecule has 5 N–H and O–H groups in total. The van der Waals surface area contributed by atoms with Crippen molar-refractivity contribution in [3.63, 3.8) is 0 Å². The molecule has 1 aromatic heterocycles. The van der Waals surface area contributed by atoms with Gasteiger partial charge < -0.3 is 21.1 Å². The number of phenolic OH excluding ortho intramolecular Hbond substituents is 1. The summed E-state index contributed by atoms with van der Waals surface area (Å²) in [5, 5.41) is 12.6. The van der Waals surface area contributed by atoms with Gasteiger partial charge in [-0.3, -0.25) is 14.6 Å². The van der Waals surface area contributed by atoms with Crippen LogP contribution in [0.3, 0.4) is 0 Å². The predicted molar refractivity (Wildman–Crippen MR) is 139 cm³/mol. The van der Waals surface area contributed by atoms with E-state index in [-0.39, 0.29) is 17.2 Å². The molecule has 2 aromatic carbocycles. The summed E-state index contributed by atoms with van der Waals surface area (Å²) in [6.07, 6.45) is 4.04. The molecule has 0 spiro atoms. The molecule has 0 saturated carbocycles. The van der Waals surface area contributed by atoms with Gasteiger partial charge in [-0.15, -0.1) is 0 Å². The molecule has 0 fully saturated rings. The van der Waals surface area contributed by atoms with Gasteiger partial charge in [-0.2, -0.15) is 0 Å². The van der Waals surface area contributed by atoms with Gasteiger partial charge >= 0.3 is 0 Å². The zero-order valence-electron chi connectivity index (χ0n) is 20.9. The Kier molecular flexibility index (Phi) is 9.20. The molecule has 35 heavy (non-hydrogen) atoms. The quantitative estimate of drug-likeness (QED) is 0.317. The van der Waals surface area contributed by atoms with E-state index in [1.165, 1.54) is 5.56 Å². The predicted octanol–water partition coefficient (Wildman–Crippen LogP) is 3.19. The van der Waals surface area contributed by atoms with Crippen LogP contribution in [-0.2, 0) is 30.5 Å². The number of aromatic amines is 1. The number of aryl methyl sites for hydroxylation is 6. The van der Waals surface area contributed by atoms with Gasteiger partial charge in [-0.1, -0.05) is 30.3 Å². The summed E-state index contributed by atoms with van der Waals surface area (Å²) >= 11 is 0. The van der Waals surface area contributed by atoms with Crippen molar-refractivity contribution in [3.05, 3.63) is 92.2 Å². The van der Waals surface area contributed by atoms with Crippen molar-refractivity contribution < 1.29 is 9.90 Å². The van der Waals surface area contributed by atoms with Crippen molar-refractivity contribution in [3.8, 4) is 5.75 Å². The summed E-state index contributed by atoms with van der Waals surface area (Å²) in [4.78, 5) is 32.5. The zero-order valence-corrected chi connectivity index (χ0v) is 20.9. The molecule has 0 aliphatic rings. The van der Waals surface area contributed by atoms with Gasteiger partial charge in [0.2, 0.25) is 5.91 Å². The lowest BCUT2D eigenvalue weighted by Crippen LogP contribution is -2.42. The largest absolute Gasteiger partial charge is 0.508 e. The fourth-order valence-electron chi connectivity index (χ4n) is 4.31. The van der Waals surface area contributed by atoms with Crippen LogP contribution in [0.4, 0.5) is 0 Å². The topological polar surface area (TPSA) is 121 Å². The highest BCUT2D eigenvalue weighted by atomic mass is 16.3. The number of nitrogens with two attached hydrogens (primary N) is 1. The maximum absolute atomic E-state index is 12.5. The second-order valence-electron chi connectivity index (χ2n) is 9.18. The first-order valence-electron chi connectivity index (χ1n) is 12.2. The summed E-state index contributed by atoms with van der Waals surface area (Å²) in [5.41, 5.74) is 12.3. The highest BCUT2D eigenvalue weighted by Gasteiger charge is 2.16. The SMILES string of the molecule is Cc1cc(O)cc(C)c1C[C@H](N)C(=O)NCCCCc1nc(C)c(CCc2ccccc2)[nH]c1=O. The van der Waals surface area contributed by atoms with Crippen LogP contribution >= 0.6 is 0 Å². The molecule has 0 unspecified atom stereocenters. The van der Waals surface area contributed by atoms with E-state index in [0.717, 1.165) is 53.8 Å². The van der Waals surface area contributed by atoms with E-state index in [0.29, 0.717) is 25.1 Å². The van der Waals surface area contributed by atoms with Crippen molar-refractivity contribution in [2.24, 2.45) is 5.73 Å². The van der Waals surface area contributed by atoms with E-state index in [1.807, 2.05) is 39.0 Å². The van der Waals surface area contributed by atoms with E-state index in [1.54, 1.807) is 12.1 Å². The van der Waals surface area contributed by atoms with Crippen LogP contribution in [0, 0.1) is 20.8 Å². The molecular weight excluding hydrogens is 440 g/mol. The minimum Gasteiger partial charge on any atom is -0.508 e. The third-order valence-corrected chi connectivity index (χ3v) is 6.35. The Hall–Kier alpha value is -3.45. The molecule has 186 valence electrons. The van der Waals surface area contributed by atoms with Crippen LogP contribution in [0.1, 0.15) is 52.2 Å². The number of rotatable bonds is 11. The van der Waals surface area contributed by atoms with E-state index in [2.05, 4.69) is 27.4 Å². The molecule has 0 saturated heterocycles. The number of H-pyrrole nitrogens is 1. The minimum absolute atomic E-state index is 0.135. The van der Waals surface area contributed by atoms with Gasteiger partial charge in [-0.05, 0) is 93.7 Å². The van der Waals surface area contributed by atoms with Gasteiger partial charge in [0.1, 0.15) is 11.4 Å². The van der Waals surface area contributed by atoms with E-state index >= 15 is 0 Å². The van der Waals surface area contributed by atoms with E-state index < -0.39 is 6.04 Å².